The summed E-state index contributed by atoms with van der Waals surface area (Å²) in [6.45, 7) is 1.60. The predicted octanol–water partition coefficient (Wildman–Crippen LogP) is 2.95. The third kappa shape index (κ3) is 3.81. The second-order valence-electron chi connectivity index (χ2n) is 3.55. The lowest BCUT2D eigenvalue weighted by Crippen LogP contribution is -2.21. The zero-order valence-electron chi connectivity index (χ0n) is 9.54. The Kier molecular flexibility index (Phi) is 5.88. The molecule has 0 fully saturated rings. The number of nitrogens with zero attached hydrogens (tertiary/aromatic N) is 2. The molecule has 3 nitrogen and oxygen atoms in total. The smallest absolute Gasteiger partial charge is 0.147 e. The summed E-state index contributed by atoms with van der Waals surface area (Å²) in [6, 6.07) is 1.85. The van der Waals surface area contributed by atoms with Crippen molar-refractivity contribution in [2.24, 2.45) is 0 Å². The number of hydrogen-bond donors (Lipinski definition) is 0. The summed E-state index contributed by atoms with van der Waals surface area (Å²) in [6.07, 6.45) is 2.70. The topological polar surface area (TPSA) is 25.4 Å². The highest BCUT2D eigenvalue weighted by atomic mass is 35.5. The number of pyridine rings is 1. The molecule has 0 amide bonds. The van der Waals surface area contributed by atoms with E-state index in [9.17, 15) is 0 Å². The third-order valence-corrected chi connectivity index (χ3v) is 2.82. The number of aromatic nitrogens is 1. The van der Waals surface area contributed by atoms with Crippen LogP contribution in [0.2, 0.25) is 5.02 Å². The van der Waals surface area contributed by atoms with Crippen LogP contribution in [-0.4, -0.2) is 32.3 Å². The number of hydrogen-bond acceptors (Lipinski definition) is 3. The van der Waals surface area contributed by atoms with Crippen LogP contribution in [0, 0.1) is 0 Å². The SMILES string of the molecule is COCCCN(C)c1ncc(CCl)cc1Cl. The van der Waals surface area contributed by atoms with Crippen molar-refractivity contribution < 1.29 is 4.74 Å². The van der Waals surface area contributed by atoms with Crippen molar-refractivity contribution in [2.75, 3.05) is 32.2 Å². The van der Waals surface area contributed by atoms with Gasteiger partial charge in [0.1, 0.15) is 5.82 Å². The van der Waals surface area contributed by atoms with Crippen LogP contribution in [0.4, 0.5) is 5.82 Å². The monoisotopic (exact) mass is 262 g/mol. The second kappa shape index (κ2) is 6.94. The molecule has 5 heteroatoms. The van der Waals surface area contributed by atoms with Crippen molar-refractivity contribution in [3.05, 3.63) is 22.8 Å². The molecule has 0 aliphatic carbocycles. The largest absolute Gasteiger partial charge is 0.385 e. The highest BCUT2D eigenvalue weighted by Gasteiger charge is 2.08. The molecular formula is C11H16Cl2N2O. The lowest BCUT2D eigenvalue weighted by molar-refractivity contribution is 0.196. The standard InChI is InChI=1S/C11H16Cl2N2O/c1-15(4-3-5-16-2)11-10(13)6-9(7-12)8-14-11/h6,8H,3-5,7H2,1-2H3. The molecule has 0 unspecified atom stereocenters. The third-order valence-electron chi connectivity index (χ3n) is 2.24. The van der Waals surface area contributed by atoms with Gasteiger partial charge in [0.15, 0.2) is 0 Å². The van der Waals surface area contributed by atoms with E-state index in [1.165, 1.54) is 0 Å². The lowest BCUT2D eigenvalue weighted by Gasteiger charge is -2.19. The molecule has 0 saturated heterocycles. The van der Waals surface area contributed by atoms with Gasteiger partial charge in [-0.15, -0.1) is 11.6 Å². The number of anilines is 1. The van der Waals surface area contributed by atoms with Gasteiger partial charge < -0.3 is 9.64 Å². The van der Waals surface area contributed by atoms with Crippen LogP contribution in [-0.2, 0) is 10.6 Å². The first-order chi connectivity index (χ1) is 7.69. The summed E-state index contributed by atoms with van der Waals surface area (Å²) in [5, 5.41) is 0.637. The quantitative estimate of drug-likeness (QED) is 0.583. The minimum absolute atomic E-state index is 0.431. The van der Waals surface area contributed by atoms with Gasteiger partial charge in [0.05, 0.1) is 5.02 Å². The molecule has 0 bridgehead atoms. The van der Waals surface area contributed by atoms with Gasteiger partial charge in [-0.2, -0.15) is 0 Å². The Morgan fingerprint density at radius 1 is 1.50 bits per heavy atom. The maximum absolute atomic E-state index is 6.12. The van der Waals surface area contributed by atoms with E-state index in [-0.39, 0.29) is 0 Å². The molecular weight excluding hydrogens is 247 g/mol. The Morgan fingerprint density at radius 2 is 2.25 bits per heavy atom. The second-order valence-corrected chi connectivity index (χ2v) is 4.22. The Labute approximate surface area is 106 Å². The first-order valence-electron chi connectivity index (χ1n) is 5.09. The molecule has 90 valence electrons. The molecule has 0 aromatic carbocycles. The molecule has 1 rings (SSSR count). The van der Waals surface area contributed by atoms with Crippen LogP contribution < -0.4 is 4.90 Å². The summed E-state index contributed by atoms with van der Waals surface area (Å²) in [5.74, 6) is 1.21. The molecule has 0 N–H and O–H groups in total. The summed E-state index contributed by atoms with van der Waals surface area (Å²) in [4.78, 5) is 6.31. The minimum Gasteiger partial charge on any atom is -0.385 e. The molecule has 0 saturated carbocycles. The Bertz CT molecular complexity index is 334. The summed E-state index contributed by atoms with van der Waals surface area (Å²) in [5.41, 5.74) is 0.931. The summed E-state index contributed by atoms with van der Waals surface area (Å²) in [7, 11) is 3.66. The van der Waals surface area contributed by atoms with Crippen molar-refractivity contribution in [2.45, 2.75) is 12.3 Å². The van der Waals surface area contributed by atoms with Gasteiger partial charge in [-0.3, -0.25) is 0 Å². The van der Waals surface area contributed by atoms with Crippen LogP contribution in [0.15, 0.2) is 12.3 Å². The number of rotatable bonds is 6. The van der Waals surface area contributed by atoms with E-state index in [2.05, 4.69) is 4.98 Å². The summed E-state index contributed by atoms with van der Waals surface area (Å²) >= 11 is 11.8. The fraction of sp³-hybridized carbons (Fsp3) is 0.545. The van der Waals surface area contributed by atoms with E-state index in [0.29, 0.717) is 10.9 Å². The van der Waals surface area contributed by atoms with Gasteiger partial charge in [-0.05, 0) is 18.1 Å². The predicted molar refractivity (Wildman–Crippen MR) is 68.6 cm³/mol. The molecule has 0 aliphatic heterocycles. The molecule has 0 spiro atoms. The van der Waals surface area contributed by atoms with Gasteiger partial charge in [0.2, 0.25) is 0 Å². The maximum atomic E-state index is 6.12. The Balaban J connectivity index is 2.64. The molecule has 1 heterocycles. The van der Waals surface area contributed by atoms with Crippen LogP contribution >= 0.6 is 23.2 Å². The number of halogens is 2. The average Bonchev–Trinajstić information content (AvgIpc) is 2.29. The van der Waals surface area contributed by atoms with E-state index in [1.807, 2.05) is 18.0 Å². The number of methoxy groups -OCH3 is 1. The fourth-order valence-electron chi connectivity index (χ4n) is 1.38. The molecule has 0 aliphatic rings. The number of ether oxygens (including phenoxy) is 1. The van der Waals surface area contributed by atoms with Gasteiger partial charge >= 0.3 is 0 Å². The van der Waals surface area contributed by atoms with E-state index >= 15 is 0 Å². The van der Waals surface area contributed by atoms with Gasteiger partial charge in [0.25, 0.3) is 0 Å². The zero-order chi connectivity index (χ0) is 12.0. The van der Waals surface area contributed by atoms with E-state index in [4.69, 9.17) is 27.9 Å². The van der Waals surface area contributed by atoms with Crippen LogP contribution in [0.3, 0.4) is 0 Å². The highest BCUT2D eigenvalue weighted by Crippen LogP contribution is 2.23. The molecule has 0 radical (unpaired) electrons. The van der Waals surface area contributed by atoms with Gasteiger partial charge in [0, 0.05) is 39.4 Å². The minimum atomic E-state index is 0.431. The zero-order valence-corrected chi connectivity index (χ0v) is 11.1. The van der Waals surface area contributed by atoms with Crippen LogP contribution in [0.25, 0.3) is 0 Å². The van der Waals surface area contributed by atoms with Crippen molar-refractivity contribution in [3.63, 3.8) is 0 Å². The maximum Gasteiger partial charge on any atom is 0.147 e. The van der Waals surface area contributed by atoms with Crippen molar-refractivity contribution in [1.29, 1.82) is 0 Å². The van der Waals surface area contributed by atoms with Crippen molar-refractivity contribution >= 4 is 29.0 Å². The number of alkyl halides is 1. The van der Waals surface area contributed by atoms with Crippen molar-refractivity contribution in [1.82, 2.24) is 4.98 Å². The van der Waals surface area contributed by atoms with Crippen LogP contribution in [0.5, 0.6) is 0 Å². The highest BCUT2D eigenvalue weighted by molar-refractivity contribution is 6.33. The average molecular weight is 263 g/mol. The van der Waals surface area contributed by atoms with Crippen LogP contribution in [0.1, 0.15) is 12.0 Å². The lowest BCUT2D eigenvalue weighted by atomic mass is 10.3. The Morgan fingerprint density at radius 3 is 2.81 bits per heavy atom. The first-order valence-corrected chi connectivity index (χ1v) is 6.00. The molecule has 1 aromatic heterocycles. The molecule has 0 atom stereocenters. The van der Waals surface area contributed by atoms with Gasteiger partial charge in [-0.1, -0.05) is 11.6 Å². The fourth-order valence-corrected chi connectivity index (χ4v) is 1.86. The molecule has 16 heavy (non-hydrogen) atoms. The van der Waals surface area contributed by atoms with Gasteiger partial charge in [-0.25, -0.2) is 4.98 Å². The molecule has 1 aromatic rings. The van der Waals surface area contributed by atoms with E-state index in [0.717, 1.165) is 31.0 Å². The first kappa shape index (κ1) is 13.6. The van der Waals surface area contributed by atoms with E-state index < -0.39 is 0 Å². The Hall–Kier alpha value is -0.510. The van der Waals surface area contributed by atoms with Crippen molar-refractivity contribution in [3.8, 4) is 0 Å². The van der Waals surface area contributed by atoms with E-state index in [1.54, 1.807) is 13.3 Å². The normalized spacial score (nSPS) is 10.5. The summed E-state index contributed by atoms with van der Waals surface area (Å²) < 4.78 is 5.00.